The van der Waals surface area contributed by atoms with Crippen LogP contribution < -0.4 is 10.1 Å². The number of aromatic nitrogens is 2. The fourth-order valence-electron chi connectivity index (χ4n) is 1.84. The summed E-state index contributed by atoms with van der Waals surface area (Å²) in [5, 5.41) is 13.9. The monoisotopic (exact) mass is 302 g/mol. The molecule has 22 heavy (non-hydrogen) atoms. The molecule has 0 saturated heterocycles. The number of pyridine rings is 2. The second-order valence-electron chi connectivity index (χ2n) is 4.82. The van der Waals surface area contributed by atoms with E-state index < -0.39 is 4.92 Å². The van der Waals surface area contributed by atoms with E-state index in [0.717, 1.165) is 12.0 Å². The molecule has 0 bridgehead atoms. The van der Waals surface area contributed by atoms with Gasteiger partial charge in [0.2, 0.25) is 5.88 Å². The van der Waals surface area contributed by atoms with Gasteiger partial charge in [-0.2, -0.15) is 0 Å². The summed E-state index contributed by atoms with van der Waals surface area (Å²) in [6.07, 6.45) is 3.93. The van der Waals surface area contributed by atoms with Crippen molar-refractivity contribution in [2.24, 2.45) is 0 Å². The maximum Gasteiger partial charge on any atom is 0.290 e. The first-order valence-corrected chi connectivity index (χ1v) is 7.02. The first-order chi connectivity index (χ1) is 10.6. The van der Waals surface area contributed by atoms with Crippen molar-refractivity contribution in [3.63, 3.8) is 0 Å². The minimum atomic E-state index is -0.439. The number of hydrogen-bond donors (Lipinski definition) is 1. The van der Waals surface area contributed by atoms with Gasteiger partial charge in [-0.05, 0) is 25.0 Å². The van der Waals surface area contributed by atoms with Crippen molar-refractivity contribution in [3.8, 4) is 5.88 Å². The summed E-state index contributed by atoms with van der Waals surface area (Å²) < 4.78 is 5.42. The zero-order valence-corrected chi connectivity index (χ0v) is 12.6. The SMILES string of the molecule is CCCOc1ccc(CNc2cc(C)c([N+](=O)[O-])cn2)cn1. The zero-order chi connectivity index (χ0) is 15.9. The molecule has 0 atom stereocenters. The van der Waals surface area contributed by atoms with Crippen LogP contribution in [-0.2, 0) is 6.54 Å². The molecule has 0 aliphatic heterocycles. The molecule has 2 heterocycles. The number of aryl methyl sites for hydroxylation is 1. The molecule has 2 rings (SSSR count). The molecule has 116 valence electrons. The van der Waals surface area contributed by atoms with E-state index in [1.54, 1.807) is 19.2 Å². The molecule has 1 N–H and O–H groups in total. The number of rotatable bonds is 7. The lowest BCUT2D eigenvalue weighted by atomic mass is 10.2. The van der Waals surface area contributed by atoms with E-state index in [9.17, 15) is 10.1 Å². The molecule has 0 radical (unpaired) electrons. The fraction of sp³-hybridized carbons (Fsp3) is 0.333. The highest BCUT2D eigenvalue weighted by Gasteiger charge is 2.11. The number of hydrogen-bond acceptors (Lipinski definition) is 6. The van der Waals surface area contributed by atoms with Crippen LogP contribution in [0.25, 0.3) is 0 Å². The van der Waals surface area contributed by atoms with Gasteiger partial charge in [-0.15, -0.1) is 0 Å². The lowest BCUT2D eigenvalue weighted by molar-refractivity contribution is -0.385. The summed E-state index contributed by atoms with van der Waals surface area (Å²) in [4.78, 5) is 18.6. The van der Waals surface area contributed by atoms with Crippen LogP contribution in [0.4, 0.5) is 11.5 Å². The van der Waals surface area contributed by atoms with Crippen LogP contribution in [0.2, 0.25) is 0 Å². The third kappa shape index (κ3) is 4.15. The van der Waals surface area contributed by atoms with Crippen LogP contribution in [-0.4, -0.2) is 21.5 Å². The van der Waals surface area contributed by atoms with Gasteiger partial charge in [0.15, 0.2) is 0 Å². The highest BCUT2D eigenvalue weighted by atomic mass is 16.6. The third-order valence-electron chi connectivity index (χ3n) is 3.01. The average Bonchev–Trinajstić information content (AvgIpc) is 2.51. The highest BCUT2D eigenvalue weighted by molar-refractivity contribution is 5.47. The first kappa shape index (κ1) is 15.7. The van der Waals surface area contributed by atoms with Crippen LogP contribution in [0.1, 0.15) is 24.5 Å². The Balaban J connectivity index is 1.95. The molecular formula is C15H18N4O3. The van der Waals surface area contributed by atoms with Gasteiger partial charge in [0.25, 0.3) is 5.69 Å². The van der Waals surface area contributed by atoms with Crippen LogP contribution in [0, 0.1) is 17.0 Å². The largest absolute Gasteiger partial charge is 0.478 e. The Morgan fingerprint density at radius 1 is 1.32 bits per heavy atom. The maximum atomic E-state index is 10.7. The van der Waals surface area contributed by atoms with E-state index in [1.165, 1.54) is 6.20 Å². The Bertz CT molecular complexity index is 644. The van der Waals surface area contributed by atoms with Gasteiger partial charge in [-0.1, -0.05) is 13.0 Å². The van der Waals surface area contributed by atoms with Crippen molar-refractivity contribution in [2.75, 3.05) is 11.9 Å². The molecule has 0 aromatic carbocycles. The van der Waals surface area contributed by atoms with E-state index >= 15 is 0 Å². The number of nitrogens with zero attached hydrogens (tertiary/aromatic N) is 3. The van der Waals surface area contributed by atoms with E-state index in [1.807, 2.05) is 19.1 Å². The second-order valence-corrected chi connectivity index (χ2v) is 4.82. The summed E-state index contributed by atoms with van der Waals surface area (Å²) in [7, 11) is 0. The number of nitro groups is 1. The predicted octanol–water partition coefficient (Wildman–Crippen LogP) is 3.09. The molecule has 0 fully saturated rings. The molecule has 2 aromatic heterocycles. The summed E-state index contributed by atoms with van der Waals surface area (Å²) in [6.45, 7) is 4.91. The van der Waals surface area contributed by atoms with E-state index in [0.29, 0.717) is 30.4 Å². The van der Waals surface area contributed by atoms with Crippen LogP contribution in [0.3, 0.4) is 0 Å². The van der Waals surface area contributed by atoms with Crippen molar-refractivity contribution in [1.82, 2.24) is 9.97 Å². The van der Waals surface area contributed by atoms with E-state index in [-0.39, 0.29) is 5.69 Å². The summed E-state index contributed by atoms with van der Waals surface area (Å²) in [5.41, 5.74) is 1.57. The minimum absolute atomic E-state index is 0.0182. The molecule has 7 heteroatoms. The number of ether oxygens (including phenoxy) is 1. The Labute approximate surface area is 128 Å². The third-order valence-corrected chi connectivity index (χ3v) is 3.01. The Morgan fingerprint density at radius 2 is 2.14 bits per heavy atom. The fourth-order valence-corrected chi connectivity index (χ4v) is 1.84. The second kappa shape index (κ2) is 7.35. The lowest BCUT2D eigenvalue weighted by Crippen LogP contribution is -2.04. The molecular weight excluding hydrogens is 284 g/mol. The summed E-state index contributed by atoms with van der Waals surface area (Å²) in [5.74, 6) is 1.20. The molecule has 2 aromatic rings. The predicted molar refractivity (Wildman–Crippen MR) is 83.0 cm³/mol. The van der Waals surface area contributed by atoms with Gasteiger partial charge in [-0.25, -0.2) is 9.97 Å². The minimum Gasteiger partial charge on any atom is -0.478 e. The van der Waals surface area contributed by atoms with Crippen LogP contribution >= 0.6 is 0 Å². The first-order valence-electron chi connectivity index (χ1n) is 7.02. The molecule has 0 spiro atoms. The average molecular weight is 302 g/mol. The van der Waals surface area contributed by atoms with Crippen LogP contribution in [0.15, 0.2) is 30.6 Å². The Morgan fingerprint density at radius 3 is 2.73 bits per heavy atom. The van der Waals surface area contributed by atoms with Gasteiger partial charge in [-0.3, -0.25) is 10.1 Å². The maximum absolute atomic E-state index is 10.7. The quantitative estimate of drug-likeness (QED) is 0.624. The van der Waals surface area contributed by atoms with Gasteiger partial charge >= 0.3 is 0 Å². The van der Waals surface area contributed by atoms with Crippen molar-refractivity contribution < 1.29 is 9.66 Å². The van der Waals surface area contributed by atoms with Gasteiger partial charge in [0, 0.05) is 24.4 Å². The van der Waals surface area contributed by atoms with Gasteiger partial charge < -0.3 is 10.1 Å². The molecule has 0 amide bonds. The van der Waals surface area contributed by atoms with Crippen molar-refractivity contribution in [1.29, 1.82) is 0 Å². The van der Waals surface area contributed by atoms with Crippen molar-refractivity contribution in [2.45, 2.75) is 26.8 Å². The lowest BCUT2D eigenvalue weighted by Gasteiger charge is -2.07. The Kier molecular flexibility index (Phi) is 5.24. The van der Waals surface area contributed by atoms with Crippen molar-refractivity contribution >= 4 is 11.5 Å². The highest BCUT2D eigenvalue weighted by Crippen LogP contribution is 2.19. The topological polar surface area (TPSA) is 90.2 Å². The Hall–Kier alpha value is -2.70. The van der Waals surface area contributed by atoms with E-state index in [4.69, 9.17) is 4.74 Å². The standard InChI is InChI=1S/C15H18N4O3/c1-3-6-22-15-5-4-12(9-18-15)8-16-14-7-11(2)13(10-17-14)19(20)21/h4-5,7,9-10H,3,6,8H2,1-2H3,(H,16,17). The number of anilines is 1. The molecule has 7 nitrogen and oxygen atoms in total. The number of nitrogens with one attached hydrogen (secondary N) is 1. The van der Waals surface area contributed by atoms with Gasteiger partial charge in [0.1, 0.15) is 12.0 Å². The summed E-state index contributed by atoms with van der Waals surface area (Å²) in [6, 6.07) is 5.40. The van der Waals surface area contributed by atoms with E-state index in [2.05, 4.69) is 15.3 Å². The van der Waals surface area contributed by atoms with Crippen molar-refractivity contribution in [3.05, 3.63) is 51.8 Å². The van der Waals surface area contributed by atoms with Crippen LogP contribution in [0.5, 0.6) is 5.88 Å². The molecule has 0 unspecified atom stereocenters. The molecule has 0 aliphatic rings. The smallest absolute Gasteiger partial charge is 0.290 e. The zero-order valence-electron chi connectivity index (χ0n) is 12.6. The normalized spacial score (nSPS) is 10.3. The molecule has 0 aliphatic carbocycles. The van der Waals surface area contributed by atoms with Gasteiger partial charge in [0.05, 0.1) is 11.5 Å². The molecule has 0 saturated carbocycles. The summed E-state index contributed by atoms with van der Waals surface area (Å²) >= 11 is 0.